The summed E-state index contributed by atoms with van der Waals surface area (Å²) in [6, 6.07) is 3.56. The van der Waals surface area contributed by atoms with Crippen LogP contribution in [0.2, 0.25) is 15.2 Å². The van der Waals surface area contributed by atoms with Gasteiger partial charge in [-0.3, -0.25) is 4.98 Å². The van der Waals surface area contributed by atoms with Crippen LogP contribution >= 0.6 is 50.7 Å². The lowest BCUT2D eigenvalue weighted by molar-refractivity contribution is 1.20. The third-order valence-electron chi connectivity index (χ3n) is 1.90. The number of hydrogen-bond donors (Lipinski definition) is 1. The van der Waals surface area contributed by atoms with Crippen molar-refractivity contribution in [2.75, 3.05) is 5.32 Å². The highest BCUT2D eigenvalue weighted by molar-refractivity contribution is 9.10. The summed E-state index contributed by atoms with van der Waals surface area (Å²) in [5.41, 5.74) is 0.636. The van der Waals surface area contributed by atoms with Crippen molar-refractivity contribution in [3.05, 3.63) is 44.2 Å². The fourth-order valence-electron chi connectivity index (χ4n) is 1.16. The number of benzene rings is 1. The number of rotatable bonds is 2. The lowest BCUT2D eigenvalue weighted by Gasteiger charge is -2.09. The fraction of sp³-hybridized carbons (Fsp3) is 0. The quantitative estimate of drug-likeness (QED) is 0.777. The summed E-state index contributed by atoms with van der Waals surface area (Å²) in [6.07, 6.45) is 2.99. The predicted octanol–water partition coefficient (Wildman–Crippen LogP) is 4.94. The van der Waals surface area contributed by atoms with Gasteiger partial charge in [-0.05, 0) is 28.1 Å². The van der Waals surface area contributed by atoms with E-state index in [1.807, 2.05) is 0 Å². The van der Waals surface area contributed by atoms with Crippen LogP contribution in [0, 0.1) is 0 Å². The minimum absolute atomic E-state index is 0.300. The molecule has 0 fully saturated rings. The van der Waals surface area contributed by atoms with Gasteiger partial charge >= 0.3 is 0 Å². The second-order valence-electron chi connectivity index (χ2n) is 3.07. The molecule has 88 valence electrons. The molecule has 3 nitrogen and oxygen atoms in total. The van der Waals surface area contributed by atoms with Crippen LogP contribution in [0.4, 0.5) is 11.5 Å². The summed E-state index contributed by atoms with van der Waals surface area (Å²) < 4.78 is 0.729. The number of nitrogens with one attached hydrogen (secondary N) is 1. The molecule has 17 heavy (non-hydrogen) atoms. The van der Waals surface area contributed by atoms with Crippen molar-refractivity contribution in [3.8, 4) is 0 Å². The predicted molar refractivity (Wildman–Crippen MR) is 74.5 cm³/mol. The minimum Gasteiger partial charge on any atom is -0.338 e. The van der Waals surface area contributed by atoms with E-state index >= 15 is 0 Å². The zero-order valence-electron chi connectivity index (χ0n) is 8.22. The first-order valence-corrected chi connectivity index (χ1v) is 6.38. The molecule has 0 aliphatic heterocycles. The Balaban J connectivity index is 2.34. The van der Waals surface area contributed by atoms with Crippen molar-refractivity contribution in [2.45, 2.75) is 0 Å². The largest absolute Gasteiger partial charge is 0.338 e. The van der Waals surface area contributed by atoms with E-state index in [4.69, 9.17) is 34.8 Å². The molecule has 0 radical (unpaired) electrons. The molecule has 2 aromatic rings. The Kier molecular flexibility index (Phi) is 4.09. The Bertz CT molecular complexity index is 562. The fourth-order valence-corrected chi connectivity index (χ4v) is 2.13. The summed E-state index contributed by atoms with van der Waals surface area (Å²) in [5, 5.41) is 4.13. The van der Waals surface area contributed by atoms with Gasteiger partial charge in [0.05, 0.1) is 28.1 Å². The third kappa shape index (κ3) is 3.01. The van der Waals surface area contributed by atoms with Crippen molar-refractivity contribution >= 4 is 62.2 Å². The number of anilines is 2. The van der Waals surface area contributed by atoms with Crippen LogP contribution in [0.5, 0.6) is 0 Å². The monoisotopic (exact) mass is 351 g/mol. The number of halogens is 4. The van der Waals surface area contributed by atoms with Gasteiger partial charge < -0.3 is 5.32 Å². The molecule has 7 heteroatoms. The van der Waals surface area contributed by atoms with Crippen LogP contribution in [0.15, 0.2) is 29.0 Å². The van der Waals surface area contributed by atoms with Crippen LogP contribution < -0.4 is 5.32 Å². The average Bonchev–Trinajstić information content (AvgIpc) is 2.30. The first-order valence-electron chi connectivity index (χ1n) is 4.46. The molecule has 0 amide bonds. The molecule has 1 aromatic carbocycles. The van der Waals surface area contributed by atoms with E-state index in [0.29, 0.717) is 26.7 Å². The van der Waals surface area contributed by atoms with Gasteiger partial charge in [-0.25, -0.2) is 4.98 Å². The van der Waals surface area contributed by atoms with Gasteiger partial charge in [0.1, 0.15) is 5.15 Å². The summed E-state index contributed by atoms with van der Waals surface area (Å²) in [7, 11) is 0. The van der Waals surface area contributed by atoms with Gasteiger partial charge in [-0.15, -0.1) is 0 Å². The van der Waals surface area contributed by atoms with E-state index in [2.05, 4.69) is 31.2 Å². The maximum atomic E-state index is 6.08. The van der Waals surface area contributed by atoms with Crippen molar-refractivity contribution in [1.82, 2.24) is 9.97 Å². The molecule has 1 N–H and O–H groups in total. The molecule has 0 atom stereocenters. The lowest BCUT2D eigenvalue weighted by atomic mass is 10.3. The highest BCUT2D eigenvalue weighted by Crippen LogP contribution is 2.36. The minimum atomic E-state index is 0.300. The molecule has 0 unspecified atom stereocenters. The Labute approximate surface area is 121 Å². The van der Waals surface area contributed by atoms with Crippen LogP contribution in [0.25, 0.3) is 0 Å². The van der Waals surface area contributed by atoms with Crippen molar-refractivity contribution in [1.29, 1.82) is 0 Å². The van der Waals surface area contributed by atoms with Crippen LogP contribution in [0.1, 0.15) is 0 Å². The molecule has 1 heterocycles. The van der Waals surface area contributed by atoms with E-state index < -0.39 is 0 Å². The van der Waals surface area contributed by atoms with Crippen molar-refractivity contribution < 1.29 is 0 Å². The molecule has 1 aromatic heterocycles. The Hall–Kier alpha value is -0.550. The van der Waals surface area contributed by atoms with Gasteiger partial charge in [0.15, 0.2) is 5.82 Å². The Morgan fingerprint density at radius 3 is 2.53 bits per heavy atom. The maximum absolute atomic E-state index is 6.08. The van der Waals surface area contributed by atoms with Gasteiger partial charge in [0.25, 0.3) is 0 Å². The van der Waals surface area contributed by atoms with Crippen LogP contribution in [-0.4, -0.2) is 9.97 Å². The van der Waals surface area contributed by atoms with Crippen molar-refractivity contribution in [2.24, 2.45) is 0 Å². The molecule has 0 aliphatic carbocycles. The number of nitrogens with zero attached hydrogens (tertiary/aromatic N) is 2. The summed E-state index contributed by atoms with van der Waals surface area (Å²) >= 11 is 21.1. The molecule has 2 rings (SSSR count). The molecule has 0 bridgehead atoms. The average molecular weight is 353 g/mol. The molecule has 0 saturated heterocycles. The van der Waals surface area contributed by atoms with E-state index in [0.717, 1.165) is 4.47 Å². The standard InChI is InChI=1S/C10H5BrCl3N3/c11-5-1-2-6(10(14)9(5)13)16-8-4-15-3-7(12)17-8/h1-4H,(H,16,17). The first kappa shape index (κ1) is 12.9. The third-order valence-corrected chi connectivity index (χ3v) is 3.86. The van der Waals surface area contributed by atoms with Crippen LogP contribution in [-0.2, 0) is 0 Å². The zero-order valence-corrected chi connectivity index (χ0v) is 12.1. The molecular formula is C10H5BrCl3N3. The Morgan fingerprint density at radius 2 is 1.82 bits per heavy atom. The number of hydrogen-bond acceptors (Lipinski definition) is 3. The number of aromatic nitrogens is 2. The normalized spacial score (nSPS) is 10.4. The van der Waals surface area contributed by atoms with E-state index in [-0.39, 0.29) is 0 Å². The maximum Gasteiger partial charge on any atom is 0.150 e. The molecule has 0 aliphatic rings. The summed E-state index contributed by atoms with van der Waals surface area (Å²) in [5.74, 6) is 0.498. The topological polar surface area (TPSA) is 37.8 Å². The first-order chi connectivity index (χ1) is 8.08. The summed E-state index contributed by atoms with van der Waals surface area (Å²) in [6.45, 7) is 0. The van der Waals surface area contributed by atoms with Gasteiger partial charge in [-0.1, -0.05) is 34.8 Å². The molecule has 0 spiro atoms. The van der Waals surface area contributed by atoms with E-state index in [1.54, 1.807) is 12.1 Å². The second-order valence-corrected chi connectivity index (χ2v) is 5.07. The lowest BCUT2D eigenvalue weighted by Crippen LogP contribution is -1.95. The smallest absolute Gasteiger partial charge is 0.150 e. The SMILES string of the molecule is Clc1cncc(Nc2ccc(Br)c(Cl)c2Cl)n1. The Morgan fingerprint density at radius 1 is 1.06 bits per heavy atom. The second kappa shape index (κ2) is 5.40. The highest BCUT2D eigenvalue weighted by Gasteiger charge is 2.09. The highest BCUT2D eigenvalue weighted by atomic mass is 79.9. The molecular weight excluding hydrogens is 348 g/mol. The van der Waals surface area contributed by atoms with Crippen LogP contribution in [0.3, 0.4) is 0 Å². The molecule has 0 saturated carbocycles. The van der Waals surface area contributed by atoms with Crippen molar-refractivity contribution in [3.63, 3.8) is 0 Å². The summed E-state index contributed by atoms with van der Waals surface area (Å²) in [4.78, 5) is 7.95. The van der Waals surface area contributed by atoms with Gasteiger partial charge in [-0.2, -0.15) is 0 Å². The van der Waals surface area contributed by atoms with E-state index in [1.165, 1.54) is 12.4 Å². The van der Waals surface area contributed by atoms with E-state index in [9.17, 15) is 0 Å². The van der Waals surface area contributed by atoms with Gasteiger partial charge in [0.2, 0.25) is 0 Å². The zero-order chi connectivity index (χ0) is 12.4. The van der Waals surface area contributed by atoms with Gasteiger partial charge in [0, 0.05) is 4.47 Å².